The number of hydrogen-bond acceptors (Lipinski definition) is 4. The van der Waals surface area contributed by atoms with E-state index >= 15 is 0 Å². The van der Waals surface area contributed by atoms with E-state index in [9.17, 15) is 9.59 Å². The maximum absolute atomic E-state index is 12.6. The smallest absolute Gasteiger partial charge is 0.274 e. The van der Waals surface area contributed by atoms with Crippen LogP contribution in [0.3, 0.4) is 0 Å². The Labute approximate surface area is 169 Å². The van der Waals surface area contributed by atoms with Crippen LogP contribution in [-0.2, 0) is 0 Å². The Bertz CT molecular complexity index is 989. The molecule has 3 aromatic rings. The summed E-state index contributed by atoms with van der Waals surface area (Å²) >= 11 is 0. The van der Waals surface area contributed by atoms with Gasteiger partial charge in [-0.25, -0.2) is 0 Å². The van der Waals surface area contributed by atoms with Crippen molar-refractivity contribution in [2.45, 2.75) is 19.9 Å². The van der Waals surface area contributed by atoms with Gasteiger partial charge >= 0.3 is 0 Å². The van der Waals surface area contributed by atoms with E-state index in [0.29, 0.717) is 23.6 Å². The van der Waals surface area contributed by atoms with Crippen molar-refractivity contribution in [1.29, 1.82) is 0 Å². The van der Waals surface area contributed by atoms with Crippen molar-refractivity contribution in [2.24, 2.45) is 0 Å². The number of pyridine rings is 1. The summed E-state index contributed by atoms with van der Waals surface area (Å²) in [7, 11) is 0. The number of nitrogens with zero attached hydrogens (tertiary/aromatic N) is 1. The molecule has 1 atom stereocenters. The van der Waals surface area contributed by atoms with Crippen LogP contribution in [0, 0.1) is 0 Å². The molecule has 0 saturated heterocycles. The highest BCUT2D eigenvalue weighted by atomic mass is 16.5. The van der Waals surface area contributed by atoms with Gasteiger partial charge in [-0.2, -0.15) is 0 Å². The normalized spacial score (nSPS) is 11.4. The second-order valence-corrected chi connectivity index (χ2v) is 6.42. The minimum atomic E-state index is -0.414. The molecule has 3 rings (SSSR count). The number of aromatic nitrogens is 1. The number of benzene rings is 2. The Kier molecular flexibility index (Phi) is 6.58. The summed E-state index contributed by atoms with van der Waals surface area (Å²) in [5.74, 6) is -0.107. The van der Waals surface area contributed by atoms with E-state index < -0.39 is 5.91 Å². The first-order chi connectivity index (χ1) is 14.1. The molecule has 2 N–H and O–H groups in total. The second-order valence-electron chi connectivity index (χ2n) is 6.42. The Balaban J connectivity index is 1.72. The average molecular weight is 389 g/mol. The maximum Gasteiger partial charge on any atom is 0.274 e. The molecule has 6 heteroatoms. The molecule has 0 spiro atoms. The van der Waals surface area contributed by atoms with Gasteiger partial charge in [0.05, 0.1) is 18.3 Å². The average Bonchev–Trinajstić information content (AvgIpc) is 2.76. The van der Waals surface area contributed by atoms with E-state index in [4.69, 9.17) is 4.74 Å². The molecule has 0 aliphatic rings. The fraction of sp³-hybridized carbons (Fsp3) is 0.174. The lowest BCUT2D eigenvalue weighted by atomic mass is 10.1. The molecule has 0 aliphatic heterocycles. The summed E-state index contributed by atoms with van der Waals surface area (Å²) < 4.78 is 5.52. The zero-order chi connectivity index (χ0) is 20.6. The van der Waals surface area contributed by atoms with E-state index in [-0.39, 0.29) is 17.6 Å². The number of hydrogen-bond donors (Lipinski definition) is 2. The molecule has 6 nitrogen and oxygen atoms in total. The standard InChI is InChI=1S/C23H23N3O3/c1-3-29-21-12-8-7-11-19(21)26-23(28)20-15-18(13-14-24-20)22(27)25-16(2)17-9-5-4-6-10-17/h4-16H,3H2,1-2H3,(H,25,27)(H,26,28). The van der Waals surface area contributed by atoms with Crippen LogP contribution < -0.4 is 15.4 Å². The van der Waals surface area contributed by atoms with E-state index in [1.165, 1.54) is 12.3 Å². The predicted molar refractivity (Wildman–Crippen MR) is 112 cm³/mol. The van der Waals surface area contributed by atoms with Crippen molar-refractivity contribution in [3.8, 4) is 5.75 Å². The van der Waals surface area contributed by atoms with Crippen molar-refractivity contribution in [3.05, 3.63) is 89.7 Å². The summed E-state index contributed by atoms with van der Waals surface area (Å²) in [6, 6.07) is 19.7. The first-order valence-corrected chi connectivity index (χ1v) is 9.43. The molecule has 2 amide bonds. The van der Waals surface area contributed by atoms with E-state index in [0.717, 1.165) is 5.56 Å². The molecule has 2 aromatic carbocycles. The number of carbonyl (C=O) groups excluding carboxylic acids is 2. The molecule has 0 fully saturated rings. The van der Waals surface area contributed by atoms with Crippen LogP contribution in [0.5, 0.6) is 5.75 Å². The fourth-order valence-electron chi connectivity index (χ4n) is 2.84. The monoisotopic (exact) mass is 389 g/mol. The van der Waals surface area contributed by atoms with Crippen LogP contribution in [0.2, 0.25) is 0 Å². The van der Waals surface area contributed by atoms with Crippen molar-refractivity contribution >= 4 is 17.5 Å². The molecule has 0 radical (unpaired) electrons. The number of rotatable bonds is 7. The molecule has 29 heavy (non-hydrogen) atoms. The lowest BCUT2D eigenvalue weighted by Gasteiger charge is -2.14. The highest BCUT2D eigenvalue weighted by Gasteiger charge is 2.15. The van der Waals surface area contributed by atoms with Crippen molar-refractivity contribution in [1.82, 2.24) is 10.3 Å². The molecule has 0 saturated carbocycles. The molecular formula is C23H23N3O3. The number of nitrogens with one attached hydrogen (secondary N) is 2. The Hall–Kier alpha value is -3.67. The summed E-state index contributed by atoms with van der Waals surface area (Å²) in [5, 5.41) is 5.72. The van der Waals surface area contributed by atoms with Gasteiger partial charge < -0.3 is 15.4 Å². The third kappa shape index (κ3) is 5.19. The SMILES string of the molecule is CCOc1ccccc1NC(=O)c1cc(C(=O)NC(C)c2ccccc2)ccn1. The van der Waals surface area contributed by atoms with Gasteiger partial charge in [-0.05, 0) is 43.7 Å². The number of ether oxygens (including phenoxy) is 1. The van der Waals surface area contributed by atoms with E-state index in [1.807, 2.05) is 50.2 Å². The largest absolute Gasteiger partial charge is 0.492 e. The Morgan fingerprint density at radius 1 is 1.00 bits per heavy atom. The van der Waals surface area contributed by atoms with Gasteiger partial charge in [0, 0.05) is 11.8 Å². The molecule has 0 aliphatic carbocycles. The quantitative estimate of drug-likeness (QED) is 0.634. The molecule has 148 valence electrons. The zero-order valence-electron chi connectivity index (χ0n) is 16.4. The highest BCUT2D eigenvalue weighted by molar-refractivity contribution is 6.05. The van der Waals surface area contributed by atoms with E-state index in [2.05, 4.69) is 15.6 Å². The molecule has 0 bridgehead atoms. The zero-order valence-corrected chi connectivity index (χ0v) is 16.4. The third-order valence-corrected chi connectivity index (χ3v) is 4.34. The summed E-state index contributed by atoms with van der Waals surface area (Å²) in [5.41, 5.74) is 2.07. The number of amides is 2. The van der Waals surface area contributed by atoms with Crippen molar-refractivity contribution in [3.63, 3.8) is 0 Å². The fourth-order valence-corrected chi connectivity index (χ4v) is 2.84. The van der Waals surface area contributed by atoms with Crippen LogP contribution in [-0.4, -0.2) is 23.4 Å². The van der Waals surface area contributed by atoms with Gasteiger partial charge in [-0.3, -0.25) is 14.6 Å². The highest BCUT2D eigenvalue weighted by Crippen LogP contribution is 2.24. The van der Waals surface area contributed by atoms with Crippen LogP contribution in [0.15, 0.2) is 72.9 Å². The predicted octanol–water partition coefficient (Wildman–Crippen LogP) is 4.22. The molecule has 1 unspecified atom stereocenters. The topological polar surface area (TPSA) is 80.3 Å². The first-order valence-electron chi connectivity index (χ1n) is 9.43. The van der Waals surface area contributed by atoms with Crippen LogP contribution in [0.4, 0.5) is 5.69 Å². The molecule has 1 heterocycles. The van der Waals surface area contributed by atoms with Gasteiger partial charge in [0.2, 0.25) is 0 Å². The van der Waals surface area contributed by atoms with Gasteiger partial charge in [-0.1, -0.05) is 42.5 Å². The van der Waals surface area contributed by atoms with E-state index in [1.54, 1.807) is 24.3 Å². The third-order valence-electron chi connectivity index (χ3n) is 4.34. The number of anilines is 1. The van der Waals surface area contributed by atoms with Crippen molar-refractivity contribution in [2.75, 3.05) is 11.9 Å². The van der Waals surface area contributed by atoms with Crippen LogP contribution in [0.1, 0.15) is 46.3 Å². The second kappa shape index (κ2) is 9.50. The number of para-hydroxylation sites is 2. The minimum Gasteiger partial charge on any atom is -0.492 e. The number of carbonyl (C=O) groups is 2. The minimum absolute atomic E-state index is 0.149. The van der Waals surface area contributed by atoms with Crippen LogP contribution in [0.25, 0.3) is 0 Å². The Morgan fingerprint density at radius 2 is 1.72 bits per heavy atom. The van der Waals surface area contributed by atoms with Gasteiger partial charge in [-0.15, -0.1) is 0 Å². The van der Waals surface area contributed by atoms with Gasteiger partial charge in [0.1, 0.15) is 11.4 Å². The van der Waals surface area contributed by atoms with Crippen LogP contribution >= 0.6 is 0 Å². The van der Waals surface area contributed by atoms with Crippen molar-refractivity contribution < 1.29 is 14.3 Å². The lowest BCUT2D eigenvalue weighted by Crippen LogP contribution is -2.27. The molecule has 1 aromatic heterocycles. The lowest BCUT2D eigenvalue weighted by molar-refractivity contribution is 0.0939. The maximum atomic E-state index is 12.6. The molecular weight excluding hydrogens is 366 g/mol. The van der Waals surface area contributed by atoms with Gasteiger partial charge in [0.25, 0.3) is 11.8 Å². The first kappa shape index (κ1) is 20.1. The summed E-state index contributed by atoms with van der Waals surface area (Å²) in [4.78, 5) is 29.3. The summed E-state index contributed by atoms with van der Waals surface area (Å²) in [6.45, 7) is 4.27. The Morgan fingerprint density at radius 3 is 2.48 bits per heavy atom. The van der Waals surface area contributed by atoms with Gasteiger partial charge in [0.15, 0.2) is 0 Å². The summed E-state index contributed by atoms with van der Waals surface area (Å²) in [6.07, 6.45) is 1.45.